The van der Waals surface area contributed by atoms with Gasteiger partial charge < -0.3 is 15.2 Å². The van der Waals surface area contributed by atoms with Crippen LogP contribution >= 0.6 is 11.6 Å². The molecule has 0 spiro atoms. The largest absolute Gasteiger partial charge is 0.495 e. The van der Waals surface area contributed by atoms with Crippen molar-refractivity contribution in [2.75, 3.05) is 13.7 Å². The highest BCUT2D eigenvalue weighted by Crippen LogP contribution is 2.25. The molecule has 0 heterocycles. The predicted molar refractivity (Wildman–Crippen MR) is 81.7 cm³/mol. The Morgan fingerprint density at radius 2 is 2.09 bits per heavy atom. The minimum absolute atomic E-state index is 0.106. The number of amides is 1. The van der Waals surface area contributed by atoms with E-state index in [4.69, 9.17) is 16.3 Å². The van der Waals surface area contributed by atoms with Gasteiger partial charge in [-0.1, -0.05) is 29.8 Å². The topological polar surface area (TPSA) is 58.6 Å². The third-order valence-electron chi connectivity index (χ3n) is 3.13. The second-order valence-corrected chi connectivity index (χ2v) is 5.00. The zero-order valence-corrected chi connectivity index (χ0v) is 12.6. The first-order valence-corrected chi connectivity index (χ1v) is 6.95. The first kappa shape index (κ1) is 16.3. The van der Waals surface area contributed by atoms with Crippen LogP contribution in [0.4, 0.5) is 4.39 Å². The number of hydrogen-bond acceptors (Lipinski definition) is 3. The molecule has 2 rings (SSSR count). The molecule has 0 saturated carbocycles. The van der Waals surface area contributed by atoms with E-state index in [9.17, 15) is 14.3 Å². The molecule has 2 N–H and O–H groups in total. The minimum atomic E-state index is -1.13. The normalized spacial score (nSPS) is 11.8. The molecule has 0 aliphatic heterocycles. The molecule has 2 aromatic carbocycles. The van der Waals surface area contributed by atoms with Crippen LogP contribution in [0.25, 0.3) is 0 Å². The lowest BCUT2D eigenvalue weighted by Crippen LogP contribution is -2.28. The Hall–Kier alpha value is -2.11. The van der Waals surface area contributed by atoms with Crippen LogP contribution in [0.1, 0.15) is 22.0 Å². The molecular weight excluding hydrogens is 309 g/mol. The van der Waals surface area contributed by atoms with Gasteiger partial charge in [0.25, 0.3) is 5.91 Å². The van der Waals surface area contributed by atoms with Crippen molar-refractivity contribution in [1.29, 1.82) is 0 Å². The number of nitrogens with one attached hydrogen (secondary N) is 1. The van der Waals surface area contributed by atoms with Gasteiger partial charge in [0.05, 0.1) is 18.2 Å². The van der Waals surface area contributed by atoms with Crippen molar-refractivity contribution in [1.82, 2.24) is 5.32 Å². The Morgan fingerprint density at radius 1 is 1.36 bits per heavy atom. The first-order valence-electron chi connectivity index (χ1n) is 6.57. The summed E-state index contributed by atoms with van der Waals surface area (Å²) in [5.74, 6) is -0.549. The maximum Gasteiger partial charge on any atom is 0.251 e. The van der Waals surface area contributed by atoms with Gasteiger partial charge in [-0.05, 0) is 24.3 Å². The Balaban J connectivity index is 2.02. The molecule has 2 aromatic rings. The Kier molecular flexibility index (Phi) is 5.35. The van der Waals surface area contributed by atoms with Crippen LogP contribution < -0.4 is 10.1 Å². The smallest absolute Gasteiger partial charge is 0.251 e. The zero-order chi connectivity index (χ0) is 16.1. The molecule has 1 unspecified atom stereocenters. The lowest BCUT2D eigenvalue weighted by molar-refractivity contribution is 0.0913. The second kappa shape index (κ2) is 7.24. The van der Waals surface area contributed by atoms with Gasteiger partial charge in [-0.15, -0.1) is 0 Å². The van der Waals surface area contributed by atoms with Crippen molar-refractivity contribution in [3.8, 4) is 5.75 Å². The van der Waals surface area contributed by atoms with Gasteiger partial charge in [0.1, 0.15) is 11.6 Å². The number of aliphatic hydroxyl groups is 1. The number of methoxy groups -OCH3 is 1. The predicted octanol–water partition coefficient (Wildman–Crippen LogP) is 2.95. The van der Waals surface area contributed by atoms with Crippen molar-refractivity contribution in [2.24, 2.45) is 0 Å². The fraction of sp³-hybridized carbons (Fsp3) is 0.188. The highest BCUT2D eigenvalue weighted by Gasteiger charge is 2.15. The molecule has 1 atom stereocenters. The van der Waals surface area contributed by atoms with Crippen molar-refractivity contribution in [3.63, 3.8) is 0 Å². The van der Waals surface area contributed by atoms with Gasteiger partial charge in [0.2, 0.25) is 0 Å². The van der Waals surface area contributed by atoms with Gasteiger partial charge in [-0.2, -0.15) is 0 Å². The minimum Gasteiger partial charge on any atom is -0.495 e. The molecular formula is C16H15ClFNO3. The van der Waals surface area contributed by atoms with E-state index in [1.165, 1.54) is 37.4 Å². The molecule has 0 radical (unpaired) electrons. The lowest BCUT2D eigenvalue weighted by atomic mass is 10.1. The van der Waals surface area contributed by atoms with Gasteiger partial charge in [-0.25, -0.2) is 4.39 Å². The van der Waals surface area contributed by atoms with Crippen LogP contribution in [0.5, 0.6) is 5.75 Å². The fourth-order valence-corrected chi connectivity index (χ4v) is 2.14. The average Bonchev–Trinajstić information content (AvgIpc) is 2.53. The molecule has 0 saturated heterocycles. The van der Waals surface area contributed by atoms with E-state index in [1.807, 2.05) is 0 Å². The Labute approximate surface area is 132 Å². The lowest BCUT2D eigenvalue weighted by Gasteiger charge is -2.13. The maximum absolute atomic E-state index is 13.5. The van der Waals surface area contributed by atoms with Crippen LogP contribution in [-0.2, 0) is 0 Å². The summed E-state index contributed by atoms with van der Waals surface area (Å²) in [5.41, 5.74) is 0.471. The standard InChI is InChI=1S/C16H15ClFNO3/c1-22-15-8-10(6-7-12(15)17)16(21)19-9-14(20)11-4-2-3-5-13(11)18/h2-8,14,20H,9H2,1H3,(H,19,21). The van der Waals surface area contributed by atoms with Crippen molar-refractivity contribution >= 4 is 17.5 Å². The highest BCUT2D eigenvalue weighted by molar-refractivity contribution is 6.32. The van der Waals surface area contributed by atoms with Gasteiger partial charge >= 0.3 is 0 Å². The molecule has 22 heavy (non-hydrogen) atoms. The maximum atomic E-state index is 13.5. The van der Waals surface area contributed by atoms with Crippen LogP contribution in [0.15, 0.2) is 42.5 Å². The average molecular weight is 324 g/mol. The number of carbonyl (C=O) groups is 1. The number of hydrogen-bond donors (Lipinski definition) is 2. The molecule has 0 aliphatic carbocycles. The quantitative estimate of drug-likeness (QED) is 0.889. The number of halogens is 2. The van der Waals surface area contributed by atoms with E-state index in [-0.39, 0.29) is 12.1 Å². The summed E-state index contributed by atoms with van der Waals surface area (Å²) in [6, 6.07) is 10.4. The number of rotatable bonds is 5. The highest BCUT2D eigenvalue weighted by atomic mass is 35.5. The number of benzene rings is 2. The van der Waals surface area contributed by atoms with Crippen molar-refractivity contribution in [3.05, 3.63) is 64.4 Å². The molecule has 4 nitrogen and oxygen atoms in total. The Morgan fingerprint density at radius 3 is 2.77 bits per heavy atom. The summed E-state index contributed by atoms with van der Waals surface area (Å²) in [6.45, 7) is -0.106. The van der Waals surface area contributed by atoms with Crippen LogP contribution in [0.2, 0.25) is 5.02 Å². The molecule has 116 valence electrons. The summed E-state index contributed by atoms with van der Waals surface area (Å²) in [4.78, 5) is 12.0. The third kappa shape index (κ3) is 3.75. The zero-order valence-electron chi connectivity index (χ0n) is 11.8. The van der Waals surface area contributed by atoms with E-state index in [0.29, 0.717) is 16.3 Å². The number of ether oxygens (including phenoxy) is 1. The van der Waals surface area contributed by atoms with E-state index in [0.717, 1.165) is 0 Å². The van der Waals surface area contributed by atoms with Gasteiger partial charge in [-0.3, -0.25) is 4.79 Å². The Bertz CT molecular complexity index is 678. The van der Waals surface area contributed by atoms with E-state index < -0.39 is 17.8 Å². The van der Waals surface area contributed by atoms with Gasteiger partial charge in [0.15, 0.2) is 0 Å². The molecule has 0 aliphatic rings. The van der Waals surface area contributed by atoms with Crippen LogP contribution in [0.3, 0.4) is 0 Å². The second-order valence-electron chi connectivity index (χ2n) is 4.60. The summed E-state index contributed by atoms with van der Waals surface area (Å²) in [7, 11) is 1.45. The van der Waals surface area contributed by atoms with Crippen LogP contribution in [-0.4, -0.2) is 24.7 Å². The summed E-state index contributed by atoms with van der Waals surface area (Å²) in [5, 5.41) is 12.9. The molecule has 0 fully saturated rings. The molecule has 0 aromatic heterocycles. The van der Waals surface area contributed by atoms with E-state index in [1.54, 1.807) is 12.1 Å². The van der Waals surface area contributed by atoms with Crippen LogP contribution in [0, 0.1) is 5.82 Å². The summed E-state index contributed by atoms with van der Waals surface area (Å²) < 4.78 is 18.6. The summed E-state index contributed by atoms with van der Waals surface area (Å²) >= 11 is 5.89. The van der Waals surface area contributed by atoms with Crippen molar-refractivity contribution < 1.29 is 19.0 Å². The first-order chi connectivity index (χ1) is 10.5. The van der Waals surface area contributed by atoms with E-state index >= 15 is 0 Å². The molecule has 0 bridgehead atoms. The monoisotopic (exact) mass is 323 g/mol. The summed E-state index contributed by atoms with van der Waals surface area (Å²) in [6.07, 6.45) is -1.13. The number of carbonyl (C=O) groups excluding carboxylic acids is 1. The van der Waals surface area contributed by atoms with E-state index in [2.05, 4.69) is 5.32 Å². The molecule has 6 heteroatoms. The molecule has 1 amide bonds. The number of aliphatic hydroxyl groups excluding tert-OH is 1. The van der Waals surface area contributed by atoms with Gasteiger partial charge in [0, 0.05) is 17.7 Å². The fourth-order valence-electron chi connectivity index (χ4n) is 1.95. The third-order valence-corrected chi connectivity index (χ3v) is 3.45. The van der Waals surface area contributed by atoms with Crippen molar-refractivity contribution in [2.45, 2.75) is 6.10 Å². The SMILES string of the molecule is COc1cc(C(=O)NCC(O)c2ccccc2F)ccc1Cl.